The summed E-state index contributed by atoms with van der Waals surface area (Å²) in [5.74, 6) is -1.85. The lowest BCUT2D eigenvalue weighted by atomic mass is 9.89. The molecule has 2 aliphatic heterocycles. The number of nitrogens with zero attached hydrogens (tertiary/aromatic N) is 4. The average Bonchev–Trinajstić information content (AvgIpc) is 3.31. The Hall–Kier alpha value is -6.69. The maximum atomic E-state index is 13.7. The summed E-state index contributed by atoms with van der Waals surface area (Å²) in [6, 6.07) is 19.6. The highest BCUT2D eigenvalue weighted by Crippen LogP contribution is 2.50. The van der Waals surface area contributed by atoms with Crippen LogP contribution >= 0.6 is 11.8 Å². The van der Waals surface area contributed by atoms with Crippen molar-refractivity contribution in [2.24, 2.45) is 0 Å². The van der Waals surface area contributed by atoms with Crippen LogP contribution in [0.25, 0.3) is 34.4 Å². The van der Waals surface area contributed by atoms with Gasteiger partial charge in [-0.05, 0) is 97.2 Å². The van der Waals surface area contributed by atoms with Crippen molar-refractivity contribution in [3.8, 4) is 22.3 Å². The molecule has 16 nitrogen and oxygen atoms in total. The summed E-state index contributed by atoms with van der Waals surface area (Å²) in [6.45, 7) is 16.4. The zero-order valence-corrected chi connectivity index (χ0v) is 41.0. The van der Waals surface area contributed by atoms with E-state index in [9.17, 15) is 39.4 Å². The summed E-state index contributed by atoms with van der Waals surface area (Å²) in [5, 5.41) is 33.2. The predicted molar refractivity (Wildman–Crippen MR) is 267 cm³/mol. The second-order valence-corrected chi connectivity index (χ2v) is 19.2. The number of carbonyl (C=O) groups excluding carboxylic acids is 4. The van der Waals surface area contributed by atoms with Crippen molar-refractivity contribution >= 4 is 59.0 Å². The molecule has 2 atom stereocenters. The number of nitrogens with one attached hydrogen (secondary N) is 2. The van der Waals surface area contributed by atoms with Gasteiger partial charge in [-0.15, -0.1) is 0 Å². The first-order chi connectivity index (χ1) is 32.9. The van der Waals surface area contributed by atoms with Gasteiger partial charge in [0.2, 0.25) is 11.8 Å². The number of nitro groups is 2. The van der Waals surface area contributed by atoms with Crippen molar-refractivity contribution < 1.29 is 38.5 Å². The number of carbonyl (C=O) groups is 4. The molecular formula is C52H60N6O10S. The van der Waals surface area contributed by atoms with E-state index in [1.165, 1.54) is 46.2 Å². The molecule has 4 aromatic carbocycles. The Morgan fingerprint density at radius 1 is 0.609 bits per heavy atom. The molecule has 0 radical (unpaired) electrons. The highest BCUT2D eigenvalue weighted by Gasteiger charge is 2.33. The van der Waals surface area contributed by atoms with Gasteiger partial charge in [0.15, 0.2) is 0 Å². The minimum atomic E-state index is -0.714. The van der Waals surface area contributed by atoms with Crippen LogP contribution in [0.15, 0.2) is 94.7 Å². The van der Waals surface area contributed by atoms with Crippen LogP contribution in [0.5, 0.6) is 0 Å². The molecule has 6 rings (SSSR count). The van der Waals surface area contributed by atoms with Crippen molar-refractivity contribution in [1.29, 1.82) is 0 Å². The van der Waals surface area contributed by atoms with Crippen LogP contribution in [-0.2, 0) is 28.7 Å². The van der Waals surface area contributed by atoms with E-state index in [2.05, 4.69) is 10.6 Å². The minimum Gasteiger partial charge on any atom is -0.462 e. The lowest BCUT2D eigenvalue weighted by molar-refractivity contribution is -0.387. The van der Waals surface area contributed by atoms with Gasteiger partial charge in [-0.1, -0.05) is 100 Å². The number of nitro benzene ring substituents is 2. The number of esters is 2. The summed E-state index contributed by atoms with van der Waals surface area (Å²) in [4.78, 5) is 82.1. The summed E-state index contributed by atoms with van der Waals surface area (Å²) < 4.78 is 10.7. The lowest BCUT2D eigenvalue weighted by Crippen LogP contribution is -2.56. The fraction of sp³-hybridized carbons (Fsp3) is 0.385. The van der Waals surface area contributed by atoms with Gasteiger partial charge in [-0.25, -0.2) is 0 Å². The maximum absolute atomic E-state index is 13.7. The molecular weight excluding hydrogens is 901 g/mol. The third kappa shape index (κ3) is 12.5. The van der Waals surface area contributed by atoms with Crippen LogP contribution in [0, 0.1) is 20.2 Å². The largest absolute Gasteiger partial charge is 0.462 e. The third-order valence-corrected chi connectivity index (χ3v) is 12.8. The second kappa shape index (κ2) is 23.1. The number of rotatable bonds is 16. The smallest absolute Gasteiger partial charge is 0.325 e. The predicted octanol–water partition coefficient (Wildman–Crippen LogP) is 8.77. The van der Waals surface area contributed by atoms with E-state index >= 15 is 0 Å². The van der Waals surface area contributed by atoms with Gasteiger partial charge >= 0.3 is 11.9 Å². The number of ether oxygens (including phenoxy) is 2. The van der Waals surface area contributed by atoms with Crippen molar-refractivity contribution in [3.05, 3.63) is 127 Å². The lowest BCUT2D eigenvalue weighted by Gasteiger charge is -2.32. The Morgan fingerprint density at radius 3 is 1.33 bits per heavy atom. The van der Waals surface area contributed by atoms with Gasteiger partial charge in [0.25, 0.3) is 11.4 Å². The Balaban J connectivity index is 1.46. The second-order valence-electron chi connectivity index (χ2n) is 18.1. The first-order valence-corrected chi connectivity index (χ1v) is 24.0. The summed E-state index contributed by atoms with van der Waals surface area (Å²) in [5.41, 5.74) is 3.35. The standard InChI is InChI=1S/C52H60N6O10S/c1-31(2)37-13-9-11-15-39(37)47-35(19-23-45(59)55-27-25-53-41(29-55)51(61)67-33(5)6)17-21-43(49(47)57(63)64)69-44-22-18-36(48(50(44)58(65)66)40-16-12-10-14-38(40)32(3)4)20-24-46(60)56-28-26-54-42(30-56)52(62)68-34(7)8/h9-24,31-34,41-42,53-54H,25-30H2,1-8H3. The molecule has 2 fully saturated rings. The van der Waals surface area contributed by atoms with Crippen LogP contribution < -0.4 is 10.6 Å². The molecule has 0 aromatic heterocycles. The minimum absolute atomic E-state index is 0.0644. The van der Waals surface area contributed by atoms with E-state index in [1.54, 1.807) is 64.1 Å². The van der Waals surface area contributed by atoms with Gasteiger partial charge in [0.05, 0.1) is 43.0 Å². The molecule has 4 aromatic rings. The fourth-order valence-corrected chi connectivity index (χ4v) is 9.55. The Kier molecular flexibility index (Phi) is 17.3. The molecule has 2 saturated heterocycles. The first-order valence-electron chi connectivity index (χ1n) is 23.2. The highest BCUT2D eigenvalue weighted by atomic mass is 32.2. The number of amides is 2. The molecule has 2 unspecified atom stereocenters. The molecule has 0 aliphatic carbocycles. The molecule has 0 spiro atoms. The molecule has 0 bridgehead atoms. The SMILES string of the molecule is CC(C)OC(=O)C1CN(C(=O)C=Cc2ccc(Sc3ccc(C=CC(=O)N4CCNC(C(=O)OC(C)C)C4)c(-c4ccccc4C(C)C)c3[N+](=O)[O-])c([N+](=O)[O-])c2-c2ccccc2C(C)C)CCN1. The van der Waals surface area contributed by atoms with E-state index in [0.717, 1.165) is 22.9 Å². The summed E-state index contributed by atoms with van der Waals surface area (Å²) in [6.07, 6.45) is 5.08. The molecule has 69 heavy (non-hydrogen) atoms. The number of hydrogen-bond donors (Lipinski definition) is 2. The quantitative estimate of drug-likeness (QED) is 0.0467. The van der Waals surface area contributed by atoms with Gasteiger partial charge in [-0.2, -0.15) is 0 Å². The molecule has 2 amide bonds. The number of benzene rings is 4. The fourth-order valence-electron chi connectivity index (χ4n) is 8.50. The molecule has 364 valence electrons. The topological polar surface area (TPSA) is 204 Å². The zero-order chi connectivity index (χ0) is 50.1. The van der Waals surface area contributed by atoms with Gasteiger partial charge < -0.3 is 29.9 Å². The van der Waals surface area contributed by atoms with Crippen molar-refractivity contribution in [3.63, 3.8) is 0 Å². The van der Waals surface area contributed by atoms with E-state index in [0.29, 0.717) is 48.4 Å². The van der Waals surface area contributed by atoms with Crippen LogP contribution in [0.3, 0.4) is 0 Å². The number of piperazine rings is 2. The summed E-state index contributed by atoms with van der Waals surface area (Å²) >= 11 is 0.886. The average molecular weight is 961 g/mol. The molecule has 2 N–H and O–H groups in total. The molecule has 2 aliphatic rings. The van der Waals surface area contributed by atoms with Gasteiger partial charge in [-0.3, -0.25) is 39.4 Å². The monoisotopic (exact) mass is 960 g/mol. The highest BCUT2D eigenvalue weighted by molar-refractivity contribution is 7.99. The van der Waals surface area contributed by atoms with Crippen LogP contribution in [0.4, 0.5) is 11.4 Å². The maximum Gasteiger partial charge on any atom is 0.325 e. The van der Waals surface area contributed by atoms with E-state index in [4.69, 9.17) is 9.47 Å². The van der Waals surface area contributed by atoms with E-state index in [-0.39, 0.29) is 69.4 Å². The molecule has 0 saturated carbocycles. The Bertz CT molecular complexity index is 2480. The van der Waals surface area contributed by atoms with Crippen molar-refractivity contribution in [2.75, 3.05) is 39.3 Å². The summed E-state index contributed by atoms with van der Waals surface area (Å²) in [7, 11) is 0. The first kappa shape index (κ1) is 51.7. The van der Waals surface area contributed by atoms with E-state index < -0.39 is 45.7 Å². The molecule has 2 heterocycles. The third-order valence-electron chi connectivity index (χ3n) is 11.7. The van der Waals surface area contributed by atoms with Gasteiger partial charge in [0.1, 0.15) is 12.1 Å². The van der Waals surface area contributed by atoms with Crippen molar-refractivity contribution in [1.82, 2.24) is 20.4 Å². The van der Waals surface area contributed by atoms with Gasteiger partial charge in [0, 0.05) is 51.4 Å². The van der Waals surface area contributed by atoms with Crippen LogP contribution in [-0.4, -0.2) is 107 Å². The van der Waals surface area contributed by atoms with Crippen molar-refractivity contribution in [2.45, 2.75) is 101 Å². The Labute approximate surface area is 406 Å². The van der Waals surface area contributed by atoms with Crippen LogP contribution in [0.1, 0.15) is 89.5 Å². The zero-order valence-electron chi connectivity index (χ0n) is 40.2. The normalized spacial score (nSPS) is 16.5. The Morgan fingerprint density at radius 2 is 0.986 bits per heavy atom. The molecule has 17 heteroatoms. The number of hydrogen-bond acceptors (Lipinski definition) is 13. The van der Waals surface area contributed by atoms with E-state index in [1.807, 2.05) is 52.0 Å². The van der Waals surface area contributed by atoms with Crippen LogP contribution in [0.2, 0.25) is 0 Å².